The molecule has 9 nitrogen and oxygen atoms in total. The molecule has 0 bridgehead atoms. The van der Waals surface area contributed by atoms with E-state index in [4.69, 9.17) is 24.3 Å². The summed E-state index contributed by atoms with van der Waals surface area (Å²) in [6, 6.07) is 0. The highest BCUT2D eigenvalue weighted by Gasteiger charge is 2.25. The van der Waals surface area contributed by atoms with E-state index in [1.165, 1.54) is 0 Å². The molecule has 2 atom stereocenters. The summed E-state index contributed by atoms with van der Waals surface area (Å²) in [7, 11) is -4.40. The van der Waals surface area contributed by atoms with E-state index < -0.39 is 32.5 Å². The maximum atomic E-state index is 12.6. The Bertz CT molecular complexity index is 1220. The van der Waals surface area contributed by atoms with Gasteiger partial charge in [-0.25, -0.2) is 4.57 Å². The van der Waals surface area contributed by atoms with Crippen LogP contribution in [0.1, 0.15) is 142 Å². The van der Waals surface area contributed by atoms with Gasteiger partial charge in [0, 0.05) is 19.4 Å². The van der Waals surface area contributed by atoms with Crippen molar-refractivity contribution in [1.82, 2.24) is 0 Å². The van der Waals surface area contributed by atoms with E-state index in [0.717, 1.165) is 103 Å². The molecule has 0 rings (SSSR count). The Hall–Kier alpha value is -3.07. The quantitative estimate of drug-likeness (QED) is 0.0273. The van der Waals surface area contributed by atoms with Gasteiger partial charge < -0.3 is 20.1 Å². The highest BCUT2D eigenvalue weighted by atomic mass is 31.2. The van der Waals surface area contributed by atoms with Crippen molar-refractivity contribution in [3.05, 3.63) is 97.2 Å². The lowest BCUT2D eigenvalue weighted by Crippen LogP contribution is -2.29. The van der Waals surface area contributed by atoms with Crippen molar-refractivity contribution in [1.29, 1.82) is 0 Å². The van der Waals surface area contributed by atoms with E-state index in [1.54, 1.807) is 0 Å². The van der Waals surface area contributed by atoms with Crippen LogP contribution in [0.25, 0.3) is 0 Å². The van der Waals surface area contributed by atoms with Gasteiger partial charge in [0.05, 0.1) is 13.2 Å². The molecular formula is C45H74NO8P. The average Bonchev–Trinajstić information content (AvgIpc) is 3.17. The van der Waals surface area contributed by atoms with Crippen molar-refractivity contribution in [2.75, 3.05) is 26.4 Å². The molecular weight excluding hydrogens is 713 g/mol. The molecule has 0 amide bonds. The second-order valence-electron chi connectivity index (χ2n) is 13.1. The first-order valence-electron chi connectivity index (χ1n) is 20.7. The van der Waals surface area contributed by atoms with Crippen LogP contribution in [0.2, 0.25) is 0 Å². The Balaban J connectivity index is 4.29. The minimum Gasteiger partial charge on any atom is -0.462 e. The molecule has 312 valence electrons. The summed E-state index contributed by atoms with van der Waals surface area (Å²) >= 11 is 0. The summed E-state index contributed by atoms with van der Waals surface area (Å²) in [6.07, 6.45) is 51.5. The molecule has 3 N–H and O–H groups in total. The van der Waals surface area contributed by atoms with E-state index in [-0.39, 0.29) is 32.6 Å². The van der Waals surface area contributed by atoms with Crippen LogP contribution in [0.15, 0.2) is 97.2 Å². The van der Waals surface area contributed by atoms with Gasteiger partial charge in [-0.05, 0) is 89.9 Å². The smallest absolute Gasteiger partial charge is 0.462 e. The van der Waals surface area contributed by atoms with E-state index in [2.05, 4.69) is 111 Å². The van der Waals surface area contributed by atoms with Crippen molar-refractivity contribution in [3.63, 3.8) is 0 Å². The van der Waals surface area contributed by atoms with Gasteiger partial charge >= 0.3 is 19.8 Å². The fourth-order valence-corrected chi connectivity index (χ4v) is 5.73. The number of phosphoric acid groups is 1. The lowest BCUT2D eigenvalue weighted by atomic mass is 10.1. The fraction of sp³-hybridized carbons (Fsp3) is 0.600. The largest absolute Gasteiger partial charge is 0.472 e. The molecule has 0 aliphatic rings. The van der Waals surface area contributed by atoms with Crippen molar-refractivity contribution in [2.45, 2.75) is 148 Å². The van der Waals surface area contributed by atoms with Gasteiger partial charge in [-0.1, -0.05) is 137 Å². The third-order valence-corrected chi connectivity index (χ3v) is 8.95. The molecule has 1 unspecified atom stereocenters. The normalized spacial score (nSPS) is 14.3. The number of esters is 2. The molecule has 0 aliphatic carbocycles. The van der Waals surface area contributed by atoms with Gasteiger partial charge in [-0.3, -0.25) is 18.6 Å². The maximum absolute atomic E-state index is 12.6. The Morgan fingerprint density at radius 3 is 1.42 bits per heavy atom. The highest BCUT2D eigenvalue weighted by molar-refractivity contribution is 7.47. The molecule has 0 saturated carbocycles. The predicted octanol–water partition coefficient (Wildman–Crippen LogP) is 11.8. The number of unbranched alkanes of at least 4 members (excludes halogenated alkanes) is 8. The van der Waals surface area contributed by atoms with Crippen molar-refractivity contribution >= 4 is 19.8 Å². The zero-order valence-corrected chi connectivity index (χ0v) is 35.0. The van der Waals surface area contributed by atoms with Gasteiger partial charge in [0.2, 0.25) is 0 Å². The van der Waals surface area contributed by atoms with E-state index in [1.807, 2.05) is 0 Å². The second-order valence-corrected chi connectivity index (χ2v) is 14.5. The standard InChI is InChI=1S/C45H74NO8P/c1-3-5-7-9-11-13-15-17-19-20-21-22-24-25-27-29-31-33-35-37-44(47)51-41-43(42-53-55(49,50)52-40-39-46)54-45(48)38-36-34-32-30-28-26-23-18-16-14-12-10-8-6-4-2/h5-8,11-14,17-19,21-23,25,27,43H,3-4,9-10,15-16,20,24,26,28-42,46H2,1-2H3,(H,49,50)/b7-5+,8-6+,13-11+,14-12+,19-17+,22-21+,23-18+,27-25+/t43-/m1/s1. The minimum absolute atomic E-state index is 0.0397. The Labute approximate surface area is 334 Å². The number of carbonyl (C=O) groups excluding carboxylic acids is 2. The minimum atomic E-state index is -4.40. The highest BCUT2D eigenvalue weighted by Crippen LogP contribution is 2.43. The van der Waals surface area contributed by atoms with Crippen molar-refractivity contribution in [2.24, 2.45) is 5.73 Å². The molecule has 0 aliphatic heterocycles. The molecule has 0 fully saturated rings. The zero-order valence-electron chi connectivity index (χ0n) is 34.1. The summed E-state index contributed by atoms with van der Waals surface area (Å²) in [5, 5.41) is 0. The van der Waals surface area contributed by atoms with Crippen LogP contribution in [-0.2, 0) is 32.7 Å². The summed E-state index contributed by atoms with van der Waals surface area (Å²) < 4.78 is 32.7. The number of ether oxygens (including phenoxy) is 2. The first-order chi connectivity index (χ1) is 26.8. The van der Waals surface area contributed by atoms with Gasteiger partial charge in [0.1, 0.15) is 6.61 Å². The van der Waals surface area contributed by atoms with Crippen LogP contribution in [0.3, 0.4) is 0 Å². The van der Waals surface area contributed by atoms with E-state index in [9.17, 15) is 19.0 Å². The average molecular weight is 788 g/mol. The molecule has 0 spiro atoms. The number of hydrogen-bond donors (Lipinski definition) is 2. The number of nitrogens with two attached hydrogens (primary N) is 1. The monoisotopic (exact) mass is 788 g/mol. The molecule has 0 saturated heterocycles. The molecule has 0 radical (unpaired) electrons. The Morgan fingerprint density at radius 2 is 0.945 bits per heavy atom. The van der Waals surface area contributed by atoms with Crippen LogP contribution < -0.4 is 5.73 Å². The number of carbonyl (C=O) groups is 2. The molecule has 0 aromatic carbocycles. The zero-order chi connectivity index (χ0) is 40.3. The topological polar surface area (TPSA) is 134 Å². The Morgan fingerprint density at radius 1 is 0.545 bits per heavy atom. The van der Waals surface area contributed by atoms with Gasteiger partial charge in [0.15, 0.2) is 6.10 Å². The predicted molar refractivity (Wildman–Crippen MR) is 228 cm³/mol. The molecule has 10 heteroatoms. The molecule has 0 aromatic rings. The third kappa shape index (κ3) is 40.4. The second kappa shape index (κ2) is 40.6. The lowest BCUT2D eigenvalue weighted by Gasteiger charge is -2.19. The van der Waals surface area contributed by atoms with E-state index in [0.29, 0.717) is 12.8 Å². The Kier molecular flexibility index (Phi) is 38.3. The van der Waals surface area contributed by atoms with Crippen LogP contribution >= 0.6 is 7.82 Å². The van der Waals surface area contributed by atoms with Gasteiger partial charge in [-0.15, -0.1) is 0 Å². The first-order valence-corrected chi connectivity index (χ1v) is 22.2. The summed E-state index contributed by atoms with van der Waals surface area (Å²) in [4.78, 5) is 34.8. The SMILES string of the molecule is CC/C=C/C/C=C/C/C=C/C/C=C/C/C=C/CCCCCC(=O)OC[C@H](COP(=O)(O)OCCN)OC(=O)CCCCCCC/C=C/C/C=C/C/C=C/CC. The number of phosphoric ester groups is 1. The summed E-state index contributed by atoms with van der Waals surface area (Å²) in [6.45, 7) is 3.41. The summed E-state index contributed by atoms with van der Waals surface area (Å²) in [5.74, 6) is -0.898. The number of hydrogen-bond acceptors (Lipinski definition) is 8. The van der Waals surface area contributed by atoms with Crippen LogP contribution in [0.5, 0.6) is 0 Å². The van der Waals surface area contributed by atoms with Gasteiger partial charge in [-0.2, -0.15) is 0 Å². The van der Waals surface area contributed by atoms with Crippen LogP contribution in [0.4, 0.5) is 0 Å². The fourth-order valence-electron chi connectivity index (χ4n) is 4.97. The molecule has 0 aromatic heterocycles. The van der Waals surface area contributed by atoms with E-state index >= 15 is 0 Å². The van der Waals surface area contributed by atoms with Crippen LogP contribution in [0, 0.1) is 0 Å². The summed E-state index contributed by atoms with van der Waals surface area (Å²) in [5.41, 5.74) is 5.34. The van der Waals surface area contributed by atoms with Gasteiger partial charge in [0.25, 0.3) is 0 Å². The molecule has 55 heavy (non-hydrogen) atoms. The number of rotatable bonds is 37. The first kappa shape index (κ1) is 51.9. The maximum Gasteiger partial charge on any atom is 0.472 e. The van der Waals surface area contributed by atoms with Crippen molar-refractivity contribution in [3.8, 4) is 0 Å². The van der Waals surface area contributed by atoms with Crippen LogP contribution in [-0.4, -0.2) is 49.3 Å². The lowest BCUT2D eigenvalue weighted by molar-refractivity contribution is -0.161. The van der Waals surface area contributed by atoms with Crippen molar-refractivity contribution < 1.29 is 37.6 Å². The molecule has 0 heterocycles. The third-order valence-electron chi connectivity index (χ3n) is 7.97. The number of allylic oxidation sites excluding steroid dienone is 16.